The van der Waals surface area contributed by atoms with Gasteiger partial charge in [-0.15, -0.1) is 0 Å². The van der Waals surface area contributed by atoms with Crippen LogP contribution in [-0.2, 0) is 13.5 Å². The van der Waals surface area contributed by atoms with Gasteiger partial charge in [-0.25, -0.2) is 9.37 Å². The molecule has 0 aliphatic rings. The monoisotopic (exact) mass is 221 g/mol. The van der Waals surface area contributed by atoms with Crippen LogP contribution in [0.4, 0.5) is 4.39 Å². The summed E-state index contributed by atoms with van der Waals surface area (Å²) in [7, 11) is 1.97. The van der Waals surface area contributed by atoms with E-state index in [0.29, 0.717) is 0 Å². The standard InChI is InChI=1S/C12H16FN3/c1-3-14-7-6-12-15-10-8-9(13)4-5-11(10)16(12)2/h4-5,8,14H,3,6-7H2,1-2H3. The molecule has 3 nitrogen and oxygen atoms in total. The van der Waals surface area contributed by atoms with E-state index >= 15 is 0 Å². The van der Waals surface area contributed by atoms with E-state index in [9.17, 15) is 4.39 Å². The van der Waals surface area contributed by atoms with Crippen LogP contribution < -0.4 is 5.32 Å². The van der Waals surface area contributed by atoms with Crippen LogP contribution in [0.25, 0.3) is 11.0 Å². The van der Waals surface area contributed by atoms with Crippen molar-refractivity contribution in [2.75, 3.05) is 13.1 Å². The highest BCUT2D eigenvalue weighted by atomic mass is 19.1. The van der Waals surface area contributed by atoms with Crippen molar-refractivity contribution in [3.63, 3.8) is 0 Å². The van der Waals surface area contributed by atoms with Crippen LogP contribution in [0, 0.1) is 5.82 Å². The predicted molar refractivity (Wildman–Crippen MR) is 62.9 cm³/mol. The second-order valence-corrected chi connectivity index (χ2v) is 3.82. The molecule has 16 heavy (non-hydrogen) atoms. The van der Waals surface area contributed by atoms with Crippen LogP contribution in [0.2, 0.25) is 0 Å². The molecule has 0 unspecified atom stereocenters. The van der Waals surface area contributed by atoms with Crippen molar-refractivity contribution < 1.29 is 4.39 Å². The first-order valence-corrected chi connectivity index (χ1v) is 5.54. The molecule has 0 radical (unpaired) electrons. The van der Waals surface area contributed by atoms with E-state index in [0.717, 1.165) is 36.4 Å². The number of benzene rings is 1. The first kappa shape index (κ1) is 11.1. The lowest BCUT2D eigenvalue weighted by Crippen LogP contribution is -2.17. The summed E-state index contributed by atoms with van der Waals surface area (Å²) in [6, 6.07) is 4.72. The molecular formula is C12H16FN3. The number of rotatable bonds is 4. The number of hydrogen-bond acceptors (Lipinski definition) is 2. The molecule has 86 valence electrons. The average molecular weight is 221 g/mol. The predicted octanol–water partition coefficient (Wildman–Crippen LogP) is 1.86. The number of imidazole rings is 1. The lowest BCUT2D eigenvalue weighted by molar-refractivity contribution is 0.629. The number of halogens is 1. The minimum Gasteiger partial charge on any atom is -0.331 e. The third-order valence-electron chi connectivity index (χ3n) is 2.71. The van der Waals surface area contributed by atoms with Gasteiger partial charge in [0, 0.05) is 26.1 Å². The number of fused-ring (bicyclic) bond motifs is 1. The molecule has 1 aromatic heterocycles. The second kappa shape index (κ2) is 4.61. The Kier molecular flexibility index (Phi) is 3.19. The minimum atomic E-state index is -0.233. The first-order chi connectivity index (χ1) is 7.72. The van der Waals surface area contributed by atoms with Gasteiger partial charge in [-0.2, -0.15) is 0 Å². The van der Waals surface area contributed by atoms with Gasteiger partial charge in [-0.3, -0.25) is 0 Å². The van der Waals surface area contributed by atoms with Gasteiger partial charge in [0.25, 0.3) is 0 Å². The number of nitrogens with zero attached hydrogens (tertiary/aromatic N) is 2. The maximum absolute atomic E-state index is 13.0. The summed E-state index contributed by atoms with van der Waals surface area (Å²) >= 11 is 0. The Morgan fingerprint density at radius 3 is 3.00 bits per heavy atom. The van der Waals surface area contributed by atoms with Crippen LogP contribution in [0.5, 0.6) is 0 Å². The van der Waals surface area contributed by atoms with Gasteiger partial charge >= 0.3 is 0 Å². The van der Waals surface area contributed by atoms with Crippen molar-refractivity contribution in [2.24, 2.45) is 7.05 Å². The highest BCUT2D eigenvalue weighted by Crippen LogP contribution is 2.16. The van der Waals surface area contributed by atoms with Crippen LogP contribution in [0.15, 0.2) is 18.2 Å². The molecule has 1 aromatic carbocycles. The molecule has 0 amide bonds. The third-order valence-corrected chi connectivity index (χ3v) is 2.71. The minimum absolute atomic E-state index is 0.233. The van der Waals surface area contributed by atoms with Gasteiger partial charge in [0.05, 0.1) is 11.0 Å². The molecule has 4 heteroatoms. The molecule has 0 aliphatic carbocycles. The van der Waals surface area contributed by atoms with Crippen molar-refractivity contribution >= 4 is 11.0 Å². The smallest absolute Gasteiger partial charge is 0.125 e. The Balaban J connectivity index is 2.29. The SMILES string of the molecule is CCNCCc1nc2cc(F)ccc2n1C. The number of nitrogens with one attached hydrogen (secondary N) is 1. The van der Waals surface area contributed by atoms with Crippen molar-refractivity contribution in [1.29, 1.82) is 0 Å². The van der Waals surface area contributed by atoms with Crippen molar-refractivity contribution in [1.82, 2.24) is 14.9 Å². The fourth-order valence-electron chi connectivity index (χ4n) is 1.82. The lowest BCUT2D eigenvalue weighted by Gasteiger charge is -2.02. The van der Waals surface area contributed by atoms with Gasteiger partial charge < -0.3 is 9.88 Å². The molecule has 0 saturated carbocycles. The molecule has 0 bridgehead atoms. The van der Waals surface area contributed by atoms with E-state index in [2.05, 4.69) is 17.2 Å². The molecule has 0 atom stereocenters. The van der Waals surface area contributed by atoms with Gasteiger partial charge in [0.1, 0.15) is 11.6 Å². The largest absolute Gasteiger partial charge is 0.331 e. The molecule has 0 fully saturated rings. The van der Waals surface area contributed by atoms with E-state index in [4.69, 9.17) is 0 Å². The average Bonchev–Trinajstić information content (AvgIpc) is 2.56. The summed E-state index contributed by atoms with van der Waals surface area (Å²) in [5, 5.41) is 3.25. The zero-order valence-corrected chi connectivity index (χ0v) is 9.63. The van der Waals surface area contributed by atoms with Gasteiger partial charge in [0.2, 0.25) is 0 Å². The topological polar surface area (TPSA) is 29.9 Å². The van der Waals surface area contributed by atoms with Gasteiger partial charge in [-0.05, 0) is 18.7 Å². The zero-order valence-electron chi connectivity index (χ0n) is 9.63. The second-order valence-electron chi connectivity index (χ2n) is 3.82. The molecular weight excluding hydrogens is 205 g/mol. The summed E-state index contributed by atoms with van der Waals surface area (Å²) in [5.74, 6) is 0.755. The molecule has 2 rings (SSSR count). The molecule has 0 saturated heterocycles. The number of hydrogen-bond donors (Lipinski definition) is 1. The summed E-state index contributed by atoms with van der Waals surface area (Å²) in [4.78, 5) is 4.43. The molecule has 1 N–H and O–H groups in total. The molecule has 0 aliphatic heterocycles. The normalized spacial score (nSPS) is 11.2. The Morgan fingerprint density at radius 1 is 1.44 bits per heavy atom. The highest BCUT2D eigenvalue weighted by Gasteiger charge is 2.07. The number of likely N-dealkylation sites (N-methyl/N-ethyl adjacent to an activating group) is 1. The Hall–Kier alpha value is -1.42. The third kappa shape index (κ3) is 2.07. The van der Waals surface area contributed by atoms with E-state index in [1.807, 2.05) is 11.6 Å². The van der Waals surface area contributed by atoms with Crippen LogP contribution >= 0.6 is 0 Å². The van der Waals surface area contributed by atoms with Crippen LogP contribution in [0.1, 0.15) is 12.7 Å². The lowest BCUT2D eigenvalue weighted by atomic mass is 10.3. The quantitative estimate of drug-likeness (QED) is 0.799. The molecule has 1 heterocycles. The maximum Gasteiger partial charge on any atom is 0.125 e. The first-order valence-electron chi connectivity index (χ1n) is 5.54. The Morgan fingerprint density at radius 2 is 2.25 bits per heavy atom. The highest BCUT2D eigenvalue weighted by molar-refractivity contribution is 5.75. The molecule has 0 spiro atoms. The number of aryl methyl sites for hydroxylation is 1. The van der Waals surface area contributed by atoms with Gasteiger partial charge in [-0.1, -0.05) is 6.92 Å². The van der Waals surface area contributed by atoms with E-state index < -0.39 is 0 Å². The zero-order chi connectivity index (χ0) is 11.5. The fourth-order valence-corrected chi connectivity index (χ4v) is 1.82. The summed E-state index contributed by atoms with van der Waals surface area (Å²) in [6.07, 6.45) is 0.862. The summed E-state index contributed by atoms with van der Waals surface area (Å²) in [6.45, 7) is 3.93. The Labute approximate surface area is 94.3 Å². The van der Waals surface area contributed by atoms with Crippen LogP contribution in [0.3, 0.4) is 0 Å². The Bertz CT molecular complexity index is 490. The van der Waals surface area contributed by atoms with Gasteiger partial charge in [0.15, 0.2) is 0 Å². The van der Waals surface area contributed by atoms with E-state index in [1.165, 1.54) is 12.1 Å². The van der Waals surface area contributed by atoms with E-state index in [1.54, 1.807) is 6.07 Å². The maximum atomic E-state index is 13.0. The van der Waals surface area contributed by atoms with Crippen LogP contribution in [-0.4, -0.2) is 22.6 Å². The van der Waals surface area contributed by atoms with Crippen molar-refractivity contribution in [3.05, 3.63) is 29.8 Å². The van der Waals surface area contributed by atoms with E-state index in [-0.39, 0.29) is 5.82 Å². The van der Waals surface area contributed by atoms with Crippen molar-refractivity contribution in [2.45, 2.75) is 13.3 Å². The summed E-state index contributed by atoms with van der Waals surface area (Å²) < 4.78 is 15.0. The summed E-state index contributed by atoms with van der Waals surface area (Å²) in [5.41, 5.74) is 1.71. The fraction of sp³-hybridized carbons (Fsp3) is 0.417. The molecule has 2 aromatic rings. The van der Waals surface area contributed by atoms with Crippen molar-refractivity contribution in [3.8, 4) is 0 Å². The number of aromatic nitrogens is 2.